The maximum Gasteiger partial charge on any atom is 0.421 e. The summed E-state index contributed by atoms with van der Waals surface area (Å²) in [6.45, 7) is 0.225. The molecular weight excluding hydrogens is 708 g/mol. The Morgan fingerprint density at radius 3 is 2.16 bits per heavy atom. The van der Waals surface area contributed by atoms with Gasteiger partial charge in [-0.25, -0.2) is 4.98 Å². The maximum atomic E-state index is 14.1. The van der Waals surface area contributed by atoms with Crippen LogP contribution < -0.4 is 10.6 Å². The van der Waals surface area contributed by atoms with Gasteiger partial charge in [0, 0.05) is 25.5 Å². The first-order valence-corrected chi connectivity index (χ1v) is 17.2. The standard InChI is InChI=1S/C31H31F9N5O4P/c1-45-14-21-20(16-4-8-19(46)9-5-16)10-11-23(25(21)27(45)47)43-26-22(31(38,39)40)13-41-28(44-26)42-18-6-2-17(3-7-18)24(12-29(32,33)34)50(48,49)15-30(35,36)37/h2-3,6-7,10-11,13,16,19,24,46H,4-5,8-9,12,14-15H2,1H3,(H,48,49)(H2,41,42,43,44)/t16-,19-,24?. The quantitative estimate of drug-likeness (QED) is 0.127. The molecule has 1 amide bonds. The predicted molar refractivity (Wildman–Crippen MR) is 164 cm³/mol. The number of hydrogen-bond acceptors (Lipinski definition) is 7. The fraction of sp³-hybridized carbons (Fsp3) is 0.452. The number of nitrogens with zero attached hydrogens (tertiary/aromatic N) is 3. The molecule has 272 valence electrons. The Labute approximate surface area is 279 Å². The number of aliphatic hydroxyl groups excluding tert-OH is 1. The summed E-state index contributed by atoms with van der Waals surface area (Å²) in [6.07, 6.45) is -17.0. The largest absolute Gasteiger partial charge is 0.421 e. The molecular formula is C31H31F9N5O4P. The average Bonchev–Trinajstić information content (AvgIpc) is 3.29. The van der Waals surface area contributed by atoms with Crippen LogP contribution in [0.3, 0.4) is 0 Å². The lowest BCUT2D eigenvalue weighted by Crippen LogP contribution is -2.21. The number of benzene rings is 2. The van der Waals surface area contributed by atoms with Gasteiger partial charge in [0.15, 0.2) is 0 Å². The number of carbonyl (C=O) groups is 1. The average molecular weight is 740 g/mol. The highest BCUT2D eigenvalue weighted by Crippen LogP contribution is 2.61. The SMILES string of the molecule is CN1Cc2c(c(Nc3nc(Nc4ccc(C(CC(F)(F)F)P(=O)(O)CC(F)(F)F)cc4)ncc3C(F)(F)F)ccc2[C@H]2CC[C@H](O)CC2)C1=O. The highest BCUT2D eigenvalue weighted by atomic mass is 31.2. The molecule has 0 bridgehead atoms. The van der Waals surface area contributed by atoms with Gasteiger partial charge in [-0.05, 0) is 66.5 Å². The van der Waals surface area contributed by atoms with E-state index in [-0.39, 0.29) is 29.4 Å². The molecule has 4 N–H and O–H groups in total. The van der Waals surface area contributed by atoms with Gasteiger partial charge >= 0.3 is 18.5 Å². The minimum Gasteiger partial charge on any atom is -0.393 e. The van der Waals surface area contributed by atoms with E-state index in [2.05, 4.69) is 20.6 Å². The van der Waals surface area contributed by atoms with Crippen LogP contribution in [-0.2, 0) is 17.3 Å². The van der Waals surface area contributed by atoms with Crippen LogP contribution in [0.2, 0.25) is 0 Å². The maximum absolute atomic E-state index is 14.1. The normalized spacial score (nSPS) is 20.3. The number of halogens is 9. The second kappa shape index (κ2) is 13.7. The zero-order chi connectivity index (χ0) is 36.8. The van der Waals surface area contributed by atoms with Gasteiger partial charge in [-0.15, -0.1) is 0 Å². The van der Waals surface area contributed by atoms with Crippen LogP contribution in [0, 0.1) is 0 Å². The third-order valence-corrected chi connectivity index (χ3v) is 10.9. The smallest absolute Gasteiger partial charge is 0.393 e. The first kappa shape index (κ1) is 37.4. The molecule has 1 fully saturated rings. The number of aromatic nitrogens is 2. The third kappa shape index (κ3) is 8.69. The van der Waals surface area contributed by atoms with E-state index < -0.39 is 79.0 Å². The fourth-order valence-corrected chi connectivity index (χ4v) is 8.19. The lowest BCUT2D eigenvalue weighted by atomic mass is 9.80. The van der Waals surface area contributed by atoms with Crippen molar-refractivity contribution in [2.75, 3.05) is 23.8 Å². The number of fused-ring (bicyclic) bond motifs is 1. The number of rotatable bonds is 9. The van der Waals surface area contributed by atoms with Crippen molar-refractivity contribution >= 4 is 36.4 Å². The van der Waals surface area contributed by atoms with Gasteiger partial charge in [-0.3, -0.25) is 9.36 Å². The van der Waals surface area contributed by atoms with Gasteiger partial charge < -0.3 is 25.5 Å². The number of carbonyl (C=O) groups excluding carboxylic acids is 1. The van der Waals surface area contributed by atoms with E-state index >= 15 is 0 Å². The summed E-state index contributed by atoms with van der Waals surface area (Å²) in [7, 11) is -3.90. The van der Waals surface area contributed by atoms with E-state index in [1.54, 1.807) is 13.1 Å². The minimum atomic E-state index is -5.46. The number of alkyl halides is 9. The zero-order valence-corrected chi connectivity index (χ0v) is 27.0. The van der Waals surface area contributed by atoms with Crippen molar-refractivity contribution in [3.63, 3.8) is 0 Å². The van der Waals surface area contributed by atoms with Crippen LogP contribution in [0.5, 0.6) is 0 Å². The first-order chi connectivity index (χ1) is 23.1. The molecule has 2 aromatic carbocycles. The zero-order valence-electron chi connectivity index (χ0n) is 26.1. The summed E-state index contributed by atoms with van der Waals surface area (Å²) in [4.78, 5) is 32.3. The Kier molecular flexibility index (Phi) is 10.2. The molecule has 50 heavy (non-hydrogen) atoms. The highest BCUT2D eigenvalue weighted by Gasteiger charge is 2.47. The van der Waals surface area contributed by atoms with Crippen molar-refractivity contribution in [2.45, 2.75) is 74.9 Å². The molecule has 2 heterocycles. The Hall–Kier alpha value is -3.89. The van der Waals surface area contributed by atoms with E-state index in [0.717, 1.165) is 29.8 Å². The van der Waals surface area contributed by atoms with Crippen LogP contribution in [0.15, 0.2) is 42.6 Å². The summed E-state index contributed by atoms with van der Waals surface area (Å²) in [5, 5.41) is 15.1. The Morgan fingerprint density at radius 1 is 0.940 bits per heavy atom. The van der Waals surface area contributed by atoms with Crippen LogP contribution in [0.25, 0.3) is 0 Å². The molecule has 0 saturated heterocycles. The molecule has 19 heteroatoms. The summed E-state index contributed by atoms with van der Waals surface area (Å²) in [6, 6.07) is 7.09. The van der Waals surface area contributed by atoms with Gasteiger partial charge in [-0.1, -0.05) is 18.2 Å². The van der Waals surface area contributed by atoms with Gasteiger partial charge in [0.05, 0.1) is 29.4 Å². The van der Waals surface area contributed by atoms with Gasteiger partial charge in [0.1, 0.15) is 17.5 Å². The molecule has 2 atom stereocenters. The van der Waals surface area contributed by atoms with Crippen molar-refractivity contribution in [3.05, 3.63) is 70.4 Å². The fourth-order valence-electron chi connectivity index (χ4n) is 6.32. The molecule has 3 aromatic rings. The molecule has 9 nitrogen and oxygen atoms in total. The van der Waals surface area contributed by atoms with Crippen molar-refractivity contribution in [1.82, 2.24) is 14.9 Å². The van der Waals surface area contributed by atoms with Crippen LogP contribution in [0.1, 0.15) is 76.3 Å². The van der Waals surface area contributed by atoms with Crippen LogP contribution in [-0.4, -0.2) is 62.4 Å². The molecule has 1 aromatic heterocycles. The van der Waals surface area contributed by atoms with Crippen molar-refractivity contribution < 1.29 is 58.9 Å². The topological polar surface area (TPSA) is 128 Å². The summed E-state index contributed by atoms with van der Waals surface area (Å²) < 4.78 is 133. The lowest BCUT2D eigenvalue weighted by Gasteiger charge is -2.27. The van der Waals surface area contributed by atoms with Crippen molar-refractivity contribution in [3.8, 4) is 0 Å². The molecule has 1 aliphatic heterocycles. The van der Waals surface area contributed by atoms with Crippen LogP contribution >= 0.6 is 7.37 Å². The Bertz CT molecular complexity index is 1780. The van der Waals surface area contributed by atoms with E-state index in [4.69, 9.17) is 0 Å². The second-order valence-electron chi connectivity index (χ2n) is 12.4. The number of anilines is 4. The first-order valence-electron chi connectivity index (χ1n) is 15.2. The molecule has 2 unspecified atom stereocenters. The molecule has 1 saturated carbocycles. The highest BCUT2D eigenvalue weighted by molar-refractivity contribution is 7.58. The molecule has 5 rings (SSSR count). The van der Waals surface area contributed by atoms with Gasteiger partial charge in [0.25, 0.3) is 5.91 Å². The van der Waals surface area contributed by atoms with E-state index in [0.29, 0.717) is 37.4 Å². The van der Waals surface area contributed by atoms with Crippen molar-refractivity contribution in [1.29, 1.82) is 0 Å². The molecule has 0 radical (unpaired) electrons. The number of hydrogen-bond donors (Lipinski definition) is 4. The predicted octanol–water partition coefficient (Wildman–Crippen LogP) is 8.41. The summed E-state index contributed by atoms with van der Waals surface area (Å²) in [5.41, 5.74) is -2.51. The van der Waals surface area contributed by atoms with E-state index in [9.17, 15) is 58.9 Å². The van der Waals surface area contributed by atoms with E-state index in [1.807, 2.05) is 0 Å². The Morgan fingerprint density at radius 2 is 1.58 bits per heavy atom. The Balaban J connectivity index is 1.44. The minimum absolute atomic E-state index is 0.0199. The molecule has 1 aliphatic carbocycles. The van der Waals surface area contributed by atoms with Crippen molar-refractivity contribution in [2.24, 2.45) is 0 Å². The third-order valence-electron chi connectivity index (χ3n) is 8.66. The molecule has 0 spiro atoms. The summed E-state index contributed by atoms with van der Waals surface area (Å²) in [5.74, 6) is -1.54. The van der Waals surface area contributed by atoms with E-state index in [1.165, 1.54) is 11.0 Å². The second-order valence-corrected chi connectivity index (χ2v) is 14.9. The number of nitrogens with one attached hydrogen (secondary N) is 2. The monoisotopic (exact) mass is 739 g/mol. The summed E-state index contributed by atoms with van der Waals surface area (Å²) >= 11 is 0. The van der Waals surface area contributed by atoms with Gasteiger partial charge in [-0.2, -0.15) is 44.5 Å². The number of amides is 1. The number of aliphatic hydroxyl groups is 1. The molecule has 2 aliphatic rings. The lowest BCUT2D eigenvalue weighted by molar-refractivity contribution is -0.137. The van der Waals surface area contributed by atoms with Crippen LogP contribution in [0.4, 0.5) is 62.7 Å². The van der Waals surface area contributed by atoms with Gasteiger partial charge in [0.2, 0.25) is 13.3 Å².